The lowest BCUT2D eigenvalue weighted by molar-refractivity contribution is -0.302. The van der Waals surface area contributed by atoms with Gasteiger partial charge in [-0.3, -0.25) is 9.59 Å². The molecular weight excluding hydrogens is 1060 g/mol. The van der Waals surface area contributed by atoms with Crippen LogP contribution in [0, 0.1) is 0 Å². The summed E-state index contributed by atoms with van der Waals surface area (Å²) in [6, 6.07) is -0.833. The van der Waals surface area contributed by atoms with Gasteiger partial charge in [0.25, 0.3) is 0 Å². The summed E-state index contributed by atoms with van der Waals surface area (Å²) in [5.74, 6) is -0.184. The van der Waals surface area contributed by atoms with Gasteiger partial charge in [-0.25, -0.2) is 0 Å². The zero-order valence-corrected chi connectivity index (χ0v) is 55.3. The molecule has 1 aliphatic heterocycles. The van der Waals surface area contributed by atoms with E-state index in [0.29, 0.717) is 19.4 Å². The van der Waals surface area contributed by atoms with Gasteiger partial charge < -0.3 is 45.1 Å². The Hall–Kier alpha value is -2.38. The highest BCUT2D eigenvalue weighted by Gasteiger charge is 2.44. The van der Waals surface area contributed by atoms with Crippen LogP contribution in [0.5, 0.6) is 0 Å². The molecule has 1 rings (SSSR count). The second-order valence-electron chi connectivity index (χ2n) is 25.3. The van der Waals surface area contributed by atoms with Crippen LogP contribution in [0.4, 0.5) is 0 Å². The summed E-state index contributed by atoms with van der Waals surface area (Å²) in [6.07, 6.45) is 73.0. The van der Waals surface area contributed by atoms with Crippen LogP contribution < -0.4 is 5.32 Å². The van der Waals surface area contributed by atoms with Crippen molar-refractivity contribution in [2.75, 3.05) is 19.8 Å². The van der Waals surface area contributed by atoms with Gasteiger partial charge in [0, 0.05) is 12.8 Å². The summed E-state index contributed by atoms with van der Waals surface area (Å²) in [4.78, 5) is 25.1. The van der Waals surface area contributed by atoms with Gasteiger partial charge in [0.2, 0.25) is 5.91 Å². The van der Waals surface area contributed by atoms with Gasteiger partial charge in [-0.15, -0.1) is 0 Å². The van der Waals surface area contributed by atoms with Gasteiger partial charge in [0.1, 0.15) is 24.4 Å². The molecule has 7 unspecified atom stereocenters. The van der Waals surface area contributed by atoms with E-state index < -0.39 is 49.5 Å². The first kappa shape index (κ1) is 80.6. The third-order valence-corrected chi connectivity index (χ3v) is 17.2. The topological polar surface area (TPSA) is 175 Å². The van der Waals surface area contributed by atoms with E-state index in [9.17, 15) is 35.1 Å². The second kappa shape index (κ2) is 63.2. The molecule has 1 aliphatic rings. The molecule has 7 atom stereocenters. The van der Waals surface area contributed by atoms with Crippen LogP contribution in [0.2, 0.25) is 0 Å². The lowest BCUT2D eigenvalue weighted by Gasteiger charge is -2.40. The van der Waals surface area contributed by atoms with Crippen molar-refractivity contribution in [3.8, 4) is 0 Å². The minimum atomic E-state index is -1.58. The van der Waals surface area contributed by atoms with Gasteiger partial charge in [0.05, 0.1) is 32.0 Å². The van der Waals surface area contributed by atoms with E-state index in [1.165, 1.54) is 263 Å². The molecule has 1 fully saturated rings. The van der Waals surface area contributed by atoms with Gasteiger partial charge >= 0.3 is 5.97 Å². The van der Waals surface area contributed by atoms with Crippen molar-refractivity contribution >= 4 is 11.9 Å². The molecule has 6 N–H and O–H groups in total. The van der Waals surface area contributed by atoms with Crippen molar-refractivity contribution in [3.05, 3.63) is 48.6 Å². The van der Waals surface area contributed by atoms with Crippen molar-refractivity contribution in [2.45, 2.75) is 391 Å². The fraction of sp³-hybridized carbons (Fsp3) is 0.865. The fourth-order valence-electron chi connectivity index (χ4n) is 11.5. The third kappa shape index (κ3) is 52.1. The summed E-state index contributed by atoms with van der Waals surface area (Å²) < 4.78 is 16.7. The van der Waals surface area contributed by atoms with E-state index in [1.807, 2.05) is 19.1 Å². The monoisotopic (exact) mass is 1200 g/mol. The predicted molar refractivity (Wildman–Crippen MR) is 357 cm³/mol. The summed E-state index contributed by atoms with van der Waals surface area (Å²) in [5, 5.41) is 54.2. The zero-order chi connectivity index (χ0) is 61.6. The minimum Gasteiger partial charge on any atom is -0.466 e. The quantitative estimate of drug-likeness (QED) is 0.0195. The second-order valence-corrected chi connectivity index (χ2v) is 25.3. The van der Waals surface area contributed by atoms with Crippen LogP contribution >= 0.6 is 0 Å². The van der Waals surface area contributed by atoms with Crippen molar-refractivity contribution in [3.63, 3.8) is 0 Å². The molecule has 0 spiro atoms. The molecule has 0 aromatic heterocycles. The van der Waals surface area contributed by atoms with E-state index >= 15 is 0 Å². The Morgan fingerprint density at radius 3 is 1.24 bits per heavy atom. The van der Waals surface area contributed by atoms with Crippen LogP contribution in [0.1, 0.15) is 348 Å². The van der Waals surface area contributed by atoms with Crippen molar-refractivity contribution in [1.82, 2.24) is 5.32 Å². The number of hydrogen-bond acceptors (Lipinski definition) is 10. The highest BCUT2D eigenvalue weighted by Crippen LogP contribution is 2.23. The van der Waals surface area contributed by atoms with Crippen molar-refractivity contribution in [2.24, 2.45) is 0 Å². The Morgan fingerprint density at radius 1 is 0.447 bits per heavy atom. The molecule has 498 valence electrons. The standard InChI is InChI=1S/C74H137NO10/c1-3-5-7-9-11-13-14-15-16-17-33-36-39-42-46-50-54-58-62-70(79)83-63-59-55-51-47-43-40-37-34-31-29-27-25-23-21-19-18-20-22-24-26-28-30-32-35-38-41-45-49-53-57-61-69(78)75-66(67(77)60-56-52-48-44-12-10-8-6-4-2)65-84-74-73(82)72(81)71(80)68(64-76)85-74/h4,6,12,19,21,44,56,60,66-68,71-74,76-77,80-82H,3,5,7-11,13-18,20,22-43,45-55,57-59,61-65H2,1-2H3,(H,75,78)/b6-4+,21-19-,44-12+,60-56+. The van der Waals surface area contributed by atoms with Crippen LogP contribution in [-0.2, 0) is 23.8 Å². The molecule has 1 heterocycles. The largest absolute Gasteiger partial charge is 0.466 e. The van der Waals surface area contributed by atoms with Crippen molar-refractivity contribution in [1.29, 1.82) is 0 Å². The summed E-state index contributed by atoms with van der Waals surface area (Å²) >= 11 is 0. The lowest BCUT2D eigenvalue weighted by Crippen LogP contribution is -2.60. The maximum Gasteiger partial charge on any atom is 0.305 e. The molecule has 1 amide bonds. The number of esters is 1. The van der Waals surface area contributed by atoms with Crippen LogP contribution in [0.15, 0.2) is 48.6 Å². The molecule has 0 bridgehead atoms. The van der Waals surface area contributed by atoms with Gasteiger partial charge in [-0.1, -0.05) is 306 Å². The van der Waals surface area contributed by atoms with E-state index in [0.717, 1.165) is 57.8 Å². The molecule has 0 aromatic rings. The van der Waals surface area contributed by atoms with Crippen LogP contribution in [0.25, 0.3) is 0 Å². The summed E-state index contributed by atoms with van der Waals surface area (Å²) in [6.45, 7) is 4.13. The number of unbranched alkanes of at least 4 members (excludes halogenated alkanes) is 45. The number of carbonyl (C=O) groups is 2. The maximum absolute atomic E-state index is 13.0. The average Bonchev–Trinajstić information content (AvgIpc) is 3.15. The molecule has 11 heteroatoms. The van der Waals surface area contributed by atoms with Gasteiger partial charge in [-0.05, 0) is 77.6 Å². The lowest BCUT2D eigenvalue weighted by atomic mass is 9.99. The van der Waals surface area contributed by atoms with E-state index in [2.05, 4.69) is 42.6 Å². The first-order valence-corrected chi connectivity index (χ1v) is 36.4. The number of ether oxygens (including phenoxy) is 3. The molecule has 0 aromatic carbocycles. The Bertz CT molecular complexity index is 1550. The SMILES string of the molecule is C/C=C/CC/C=C/CC/C=C/C(O)C(COC1OC(CO)C(O)C(O)C1O)NC(=O)CCCCCCCCCCCCCCCC/C=C\CCCCCCCCCCCCCCOC(=O)CCCCCCCCCCCCCCCCCCCC. The Balaban J connectivity index is 1.89. The van der Waals surface area contributed by atoms with Crippen molar-refractivity contribution < 1.29 is 49.3 Å². The first-order chi connectivity index (χ1) is 41.7. The number of hydrogen-bond donors (Lipinski definition) is 6. The molecule has 0 radical (unpaired) electrons. The zero-order valence-electron chi connectivity index (χ0n) is 55.3. The molecular formula is C74H137NO10. The first-order valence-electron chi connectivity index (χ1n) is 36.4. The Morgan fingerprint density at radius 2 is 0.812 bits per heavy atom. The molecule has 0 saturated carbocycles. The normalized spacial score (nSPS) is 18.2. The van der Waals surface area contributed by atoms with E-state index in [1.54, 1.807) is 6.08 Å². The number of aliphatic hydroxyl groups excluding tert-OH is 5. The number of nitrogens with one attached hydrogen (secondary N) is 1. The molecule has 11 nitrogen and oxygen atoms in total. The number of allylic oxidation sites excluding steroid dienone is 7. The third-order valence-electron chi connectivity index (χ3n) is 17.2. The molecule has 0 aliphatic carbocycles. The number of rotatable bonds is 64. The van der Waals surface area contributed by atoms with Gasteiger partial charge in [0.15, 0.2) is 6.29 Å². The number of carbonyl (C=O) groups excluding carboxylic acids is 2. The highest BCUT2D eigenvalue weighted by molar-refractivity contribution is 5.76. The number of aliphatic hydroxyl groups is 5. The van der Waals surface area contributed by atoms with E-state index in [4.69, 9.17) is 14.2 Å². The maximum atomic E-state index is 13.0. The molecule has 1 saturated heterocycles. The predicted octanol–water partition coefficient (Wildman–Crippen LogP) is 18.7. The van der Waals surface area contributed by atoms with Gasteiger partial charge in [-0.2, -0.15) is 0 Å². The summed E-state index contributed by atoms with van der Waals surface area (Å²) in [7, 11) is 0. The van der Waals surface area contributed by atoms with E-state index in [-0.39, 0.29) is 18.5 Å². The summed E-state index contributed by atoms with van der Waals surface area (Å²) in [5.41, 5.74) is 0. The average molecular weight is 1200 g/mol. The smallest absolute Gasteiger partial charge is 0.305 e. The Kier molecular flexibility index (Phi) is 60.0. The Labute approximate surface area is 523 Å². The minimum absolute atomic E-state index is 0.0129. The fourth-order valence-corrected chi connectivity index (χ4v) is 11.5. The van der Waals surface area contributed by atoms with Crippen LogP contribution in [0.3, 0.4) is 0 Å². The highest BCUT2D eigenvalue weighted by atomic mass is 16.7. The van der Waals surface area contributed by atoms with Crippen LogP contribution in [-0.4, -0.2) is 100 Å². The number of amides is 1. The molecule has 85 heavy (non-hydrogen) atoms.